The van der Waals surface area contributed by atoms with Gasteiger partial charge in [-0.05, 0) is 50.7 Å². The molecule has 1 aliphatic carbocycles. The maximum absolute atomic E-state index is 10.3. The van der Waals surface area contributed by atoms with Crippen LogP contribution in [0.2, 0.25) is 0 Å². The molecule has 0 amide bonds. The number of hydrogen-bond donors (Lipinski definition) is 1. The molecule has 0 aromatic heterocycles. The molecular formula is C18H27NO2S. The molecule has 1 aromatic carbocycles. The van der Waals surface area contributed by atoms with Gasteiger partial charge in [0.25, 0.3) is 0 Å². The fourth-order valence-electron chi connectivity index (χ4n) is 4.02. The molecule has 3 rings (SSSR count). The van der Waals surface area contributed by atoms with Crippen LogP contribution >= 0.6 is 11.8 Å². The molecular weight excluding hydrogens is 294 g/mol. The van der Waals surface area contributed by atoms with E-state index in [9.17, 15) is 5.11 Å². The van der Waals surface area contributed by atoms with Crippen molar-refractivity contribution < 1.29 is 9.84 Å². The molecule has 1 aromatic rings. The van der Waals surface area contributed by atoms with E-state index in [4.69, 9.17) is 4.74 Å². The molecule has 1 aliphatic heterocycles. The summed E-state index contributed by atoms with van der Waals surface area (Å²) in [6.45, 7) is 5.94. The van der Waals surface area contributed by atoms with Crippen LogP contribution in [-0.2, 0) is 11.3 Å². The van der Waals surface area contributed by atoms with Crippen LogP contribution < -0.4 is 0 Å². The van der Waals surface area contributed by atoms with Gasteiger partial charge in [0.15, 0.2) is 0 Å². The van der Waals surface area contributed by atoms with Crippen molar-refractivity contribution >= 4 is 11.8 Å². The van der Waals surface area contributed by atoms with Gasteiger partial charge in [0.1, 0.15) is 0 Å². The summed E-state index contributed by atoms with van der Waals surface area (Å²) in [7, 11) is 0. The number of aliphatic hydroxyl groups is 1. The normalized spacial score (nSPS) is 27.8. The standard InChI is InChI=1S/C18H27NO2S/c1-3-21-17-12-16(20)18(17)8-10-19(11-9-18)13-14-6-4-5-7-15(14)22-2/h4-7,16-17,20H,3,8-13H2,1-2H3. The second-order valence-corrected chi connectivity index (χ2v) is 7.36. The van der Waals surface area contributed by atoms with Gasteiger partial charge in [-0.3, -0.25) is 4.90 Å². The smallest absolute Gasteiger partial charge is 0.0681 e. The highest BCUT2D eigenvalue weighted by Crippen LogP contribution is 2.51. The van der Waals surface area contributed by atoms with Crippen LogP contribution in [0.25, 0.3) is 0 Å². The lowest BCUT2D eigenvalue weighted by molar-refractivity contribution is -0.209. The number of likely N-dealkylation sites (tertiary alicyclic amines) is 1. The van der Waals surface area contributed by atoms with Crippen LogP contribution in [0.15, 0.2) is 29.2 Å². The van der Waals surface area contributed by atoms with Gasteiger partial charge < -0.3 is 9.84 Å². The fourth-order valence-corrected chi connectivity index (χ4v) is 4.63. The van der Waals surface area contributed by atoms with E-state index < -0.39 is 0 Å². The quantitative estimate of drug-likeness (QED) is 0.845. The number of rotatable bonds is 5. The van der Waals surface area contributed by atoms with E-state index in [2.05, 4.69) is 35.4 Å². The summed E-state index contributed by atoms with van der Waals surface area (Å²) < 4.78 is 5.85. The lowest BCUT2D eigenvalue weighted by atomic mass is 9.58. The molecule has 0 bridgehead atoms. The first-order chi connectivity index (χ1) is 10.7. The van der Waals surface area contributed by atoms with Crippen molar-refractivity contribution in [1.29, 1.82) is 0 Å². The molecule has 4 heteroatoms. The molecule has 122 valence electrons. The second kappa shape index (κ2) is 6.91. The first-order valence-electron chi connectivity index (χ1n) is 8.33. The Hall–Kier alpha value is -0.550. The maximum Gasteiger partial charge on any atom is 0.0681 e. The predicted molar refractivity (Wildman–Crippen MR) is 91.2 cm³/mol. The van der Waals surface area contributed by atoms with Crippen LogP contribution in [0.3, 0.4) is 0 Å². The number of thioether (sulfide) groups is 1. The molecule has 2 aliphatic rings. The number of benzene rings is 1. The van der Waals surface area contributed by atoms with Gasteiger partial charge >= 0.3 is 0 Å². The lowest BCUT2D eigenvalue weighted by Crippen LogP contribution is -2.62. The Labute approximate surface area is 138 Å². The molecule has 3 nitrogen and oxygen atoms in total. The number of ether oxygens (including phenoxy) is 1. The van der Waals surface area contributed by atoms with Crippen molar-refractivity contribution in [3.63, 3.8) is 0 Å². The maximum atomic E-state index is 10.3. The summed E-state index contributed by atoms with van der Waals surface area (Å²) in [5, 5.41) is 10.3. The molecule has 0 radical (unpaired) electrons. The number of aliphatic hydroxyl groups excluding tert-OH is 1. The van der Waals surface area contributed by atoms with Crippen LogP contribution in [0.5, 0.6) is 0 Å². The Bertz CT molecular complexity index is 498. The van der Waals surface area contributed by atoms with Gasteiger partial charge in [0.2, 0.25) is 0 Å². The number of nitrogens with zero attached hydrogens (tertiary/aromatic N) is 1. The average Bonchev–Trinajstić information content (AvgIpc) is 2.56. The minimum atomic E-state index is -0.162. The van der Waals surface area contributed by atoms with E-state index in [1.54, 1.807) is 0 Å². The number of hydrogen-bond acceptors (Lipinski definition) is 4. The molecule has 1 N–H and O–H groups in total. The number of piperidine rings is 1. The summed E-state index contributed by atoms with van der Waals surface area (Å²) in [5.41, 5.74) is 1.45. The summed E-state index contributed by atoms with van der Waals surface area (Å²) in [4.78, 5) is 3.90. The first-order valence-corrected chi connectivity index (χ1v) is 9.56. The zero-order chi connectivity index (χ0) is 15.6. The second-order valence-electron chi connectivity index (χ2n) is 6.52. The molecule has 2 fully saturated rings. The Morgan fingerprint density at radius 2 is 2.05 bits per heavy atom. The molecule has 22 heavy (non-hydrogen) atoms. The van der Waals surface area contributed by atoms with E-state index >= 15 is 0 Å². The zero-order valence-corrected chi connectivity index (χ0v) is 14.4. The van der Waals surface area contributed by atoms with Gasteiger partial charge in [-0.15, -0.1) is 11.8 Å². The molecule has 1 spiro atoms. The summed E-state index contributed by atoms with van der Waals surface area (Å²) in [6.07, 6.45) is 5.18. The summed E-state index contributed by atoms with van der Waals surface area (Å²) in [5.74, 6) is 0. The minimum Gasteiger partial charge on any atom is -0.392 e. The highest BCUT2D eigenvalue weighted by Gasteiger charge is 2.55. The monoisotopic (exact) mass is 321 g/mol. The van der Waals surface area contributed by atoms with Crippen molar-refractivity contribution in [1.82, 2.24) is 4.90 Å². The van der Waals surface area contributed by atoms with Gasteiger partial charge in [0.05, 0.1) is 12.2 Å². The van der Waals surface area contributed by atoms with Gasteiger partial charge in [-0.1, -0.05) is 18.2 Å². The largest absolute Gasteiger partial charge is 0.392 e. The molecule has 1 heterocycles. The van der Waals surface area contributed by atoms with Crippen LogP contribution in [0.1, 0.15) is 31.7 Å². The van der Waals surface area contributed by atoms with Crippen molar-refractivity contribution in [2.75, 3.05) is 26.0 Å². The Balaban J connectivity index is 1.60. The molecule has 1 saturated carbocycles. The molecule has 2 unspecified atom stereocenters. The SMILES string of the molecule is CCOC1CC(O)C12CCN(Cc1ccccc1SC)CC2. The Morgan fingerprint density at radius 3 is 2.68 bits per heavy atom. The third-order valence-electron chi connectivity index (χ3n) is 5.48. The highest BCUT2D eigenvalue weighted by molar-refractivity contribution is 7.98. The molecule has 2 atom stereocenters. The zero-order valence-electron chi connectivity index (χ0n) is 13.6. The van der Waals surface area contributed by atoms with E-state index in [0.717, 1.165) is 45.5 Å². The third kappa shape index (κ3) is 2.94. The highest BCUT2D eigenvalue weighted by atomic mass is 32.2. The van der Waals surface area contributed by atoms with Gasteiger partial charge in [0, 0.05) is 29.9 Å². The van der Waals surface area contributed by atoms with Crippen LogP contribution in [-0.4, -0.2) is 48.2 Å². The Kier molecular flexibility index (Phi) is 5.13. The van der Waals surface area contributed by atoms with Crippen LogP contribution in [0.4, 0.5) is 0 Å². The average molecular weight is 321 g/mol. The topological polar surface area (TPSA) is 32.7 Å². The minimum absolute atomic E-state index is 0.0333. The Morgan fingerprint density at radius 1 is 1.32 bits per heavy atom. The summed E-state index contributed by atoms with van der Waals surface area (Å²) >= 11 is 1.82. The lowest BCUT2D eigenvalue weighted by Gasteiger charge is -2.56. The summed E-state index contributed by atoms with van der Waals surface area (Å²) in [6, 6.07) is 8.67. The van der Waals surface area contributed by atoms with E-state index in [-0.39, 0.29) is 17.6 Å². The van der Waals surface area contributed by atoms with Gasteiger partial charge in [-0.2, -0.15) is 0 Å². The van der Waals surface area contributed by atoms with E-state index in [1.807, 2.05) is 18.7 Å². The third-order valence-corrected chi connectivity index (χ3v) is 6.32. The predicted octanol–water partition coefficient (Wildman–Crippen LogP) is 3.16. The van der Waals surface area contributed by atoms with Crippen molar-refractivity contribution in [3.8, 4) is 0 Å². The first kappa shape index (κ1) is 16.3. The fraction of sp³-hybridized carbons (Fsp3) is 0.667. The van der Waals surface area contributed by atoms with Crippen molar-refractivity contribution in [3.05, 3.63) is 29.8 Å². The van der Waals surface area contributed by atoms with Crippen molar-refractivity contribution in [2.24, 2.45) is 5.41 Å². The van der Waals surface area contributed by atoms with E-state index in [0.29, 0.717) is 0 Å². The van der Waals surface area contributed by atoms with Gasteiger partial charge in [-0.25, -0.2) is 0 Å². The van der Waals surface area contributed by atoms with E-state index in [1.165, 1.54) is 10.5 Å². The molecule has 1 saturated heterocycles. The van der Waals surface area contributed by atoms with Crippen LogP contribution in [0, 0.1) is 5.41 Å². The van der Waals surface area contributed by atoms with Crippen molar-refractivity contribution in [2.45, 2.75) is 49.8 Å².